The number of hydrogen-bond acceptors (Lipinski definition) is 12. The Balaban J connectivity index is 0.000000159. The number of carbonyl (C=O) groups excluding carboxylic acids is 5. The Labute approximate surface area is 423 Å². The second kappa shape index (κ2) is 19.5. The van der Waals surface area contributed by atoms with Gasteiger partial charge in [-0.3, -0.25) is 33.6 Å². The molecule has 6 N–H and O–H groups in total. The highest BCUT2D eigenvalue weighted by Crippen LogP contribution is 2.47. The average molecular weight is 1010 g/mol. The minimum absolute atomic E-state index is 0.0266. The van der Waals surface area contributed by atoms with E-state index in [1.54, 1.807) is 36.6 Å². The summed E-state index contributed by atoms with van der Waals surface area (Å²) in [7, 11) is 0. The summed E-state index contributed by atoms with van der Waals surface area (Å²) in [5.41, 5.74) is 6.63. The first-order valence-electron chi connectivity index (χ1n) is 24.3. The van der Waals surface area contributed by atoms with E-state index in [1.807, 2.05) is 78.9 Å². The van der Waals surface area contributed by atoms with Gasteiger partial charge in [0.2, 0.25) is 37.2 Å². The molecule has 384 valence electrons. The normalized spacial score (nSPS) is 21.9. The predicted molar refractivity (Wildman–Crippen MR) is 263 cm³/mol. The van der Waals surface area contributed by atoms with Gasteiger partial charge in [0.05, 0.1) is 12.1 Å². The number of rotatable bonds is 8. The van der Waals surface area contributed by atoms with Crippen LogP contribution in [0.3, 0.4) is 0 Å². The quantitative estimate of drug-likeness (QED) is 0.102. The number of carboxylic acid groups (broad SMARTS) is 2. The number of ether oxygens (including phenoxy) is 5. The fraction of sp³-hybridized carbons (Fsp3) is 0.352. The summed E-state index contributed by atoms with van der Waals surface area (Å²) in [6, 6.07) is 22.8. The monoisotopic (exact) mass is 1010 g/mol. The number of piperazine rings is 2. The second-order valence-electron chi connectivity index (χ2n) is 19.8. The van der Waals surface area contributed by atoms with Gasteiger partial charge in [-0.25, -0.2) is 0 Å². The van der Waals surface area contributed by atoms with Crippen LogP contribution in [0, 0.1) is 0 Å². The predicted octanol–water partition coefficient (Wildman–Crippen LogP) is 5.55. The lowest BCUT2D eigenvalue weighted by molar-refractivity contribution is -0.157. The van der Waals surface area contributed by atoms with E-state index in [1.165, 1.54) is 0 Å². The van der Waals surface area contributed by atoms with Crippen LogP contribution in [-0.2, 0) is 51.1 Å². The Hall–Kier alpha value is -8.55. The number of nitrogens with zero attached hydrogens (tertiary/aromatic N) is 2. The summed E-state index contributed by atoms with van der Waals surface area (Å²) in [6.45, 7) is 6.74. The van der Waals surface area contributed by atoms with Gasteiger partial charge in [-0.05, 0) is 92.3 Å². The molecule has 12 rings (SSSR count). The van der Waals surface area contributed by atoms with Gasteiger partial charge in [-0.1, -0.05) is 48.5 Å². The molecule has 0 aliphatic carbocycles. The Bertz CT molecular complexity index is 3260. The maximum Gasteiger partial charge on any atom is 0.306 e. The lowest BCUT2D eigenvalue weighted by atomic mass is 9.85. The van der Waals surface area contributed by atoms with Crippen molar-refractivity contribution in [3.63, 3.8) is 0 Å². The largest absolute Gasteiger partial charge is 0.481 e. The number of fused-ring (bicyclic) bond motifs is 10. The molecule has 20 heteroatoms. The number of aliphatic carboxylic acids is 2. The van der Waals surface area contributed by atoms with Gasteiger partial charge in [0, 0.05) is 65.8 Å². The number of benzene rings is 4. The van der Waals surface area contributed by atoms with Gasteiger partial charge in [0.15, 0.2) is 23.0 Å². The van der Waals surface area contributed by atoms with E-state index in [9.17, 15) is 28.8 Å². The fourth-order valence-corrected chi connectivity index (χ4v) is 10.7. The van der Waals surface area contributed by atoms with Crippen LogP contribution in [0.15, 0.2) is 84.9 Å². The Morgan fingerprint density at radius 1 is 0.622 bits per heavy atom. The van der Waals surface area contributed by atoms with Crippen LogP contribution < -0.4 is 29.6 Å². The smallest absolute Gasteiger partial charge is 0.306 e. The van der Waals surface area contributed by atoms with E-state index in [0.717, 1.165) is 62.4 Å². The zero-order chi connectivity index (χ0) is 52.2. The van der Waals surface area contributed by atoms with Crippen molar-refractivity contribution in [3.05, 3.63) is 119 Å². The first-order valence-corrected chi connectivity index (χ1v) is 24.3. The van der Waals surface area contributed by atoms with E-state index in [4.69, 9.17) is 38.7 Å². The van der Waals surface area contributed by atoms with Crippen molar-refractivity contribution in [2.75, 3.05) is 13.6 Å². The summed E-state index contributed by atoms with van der Waals surface area (Å²) in [4.78, 5) is 96.8. The number of aromatic nitrogens is 2. The molecule has 2 saturated heterocycles. The molecule has 2 fully saturated rings. The molecule has 6 atom stereocenters. The summed E-state index contributed by atoms with van der Waals surface area (Å²) in [6.07, 6.45) is 0.799. The summed E-state index contributed by atoms with van der Waals surface area (Å²) in [5, 5.41) is 24.2. The number of amides is 4. The zero-order valence-corrected chi connectivity index (χ0v) is 40.9. The number of aromatic amines is 2. The number of H-pyrrole nitrogens is 2. The lowest BCUT2D eigenvalue weighted by Gasteiger charge is -2.46. The third-order valence-electron chi connectivity index (χ3n) is 13.7. The second-order valence-corrected chi connectivity index (χ2v) is 19.8. The highest BCUT2D eigenvalue weighted by Gasteiger charge is 2.51. The number of carbonyl (C=O) groups is 7. The summed E-state index contributed by atoms with van der Waals surface area (Å²) in [5.74, 6) is -0.786. The molecular formula is C54H54N6O14. The number of para-hydroxylation sites is 2. The fourth-order valence-electron chi connectivity index (χ4n) is 10.7. The molecule has 74 heavy (non-hydrogen) atoms. The molecule has 0 unspecified atom stereocenters. The maximum absolute atomic E-state index is 13.9. The Kier molecular flexibility index (Phi) is 12.9. The molecular weight excluding hydrogens is 957 g/mol. The molecule has 4 amide bonds. The van der Waals surface area contributed by atoms with E-state index in [-0.39, 0.29) is 62.9 Å². The molecule has 20 nitrogen and oxygen atoms in total. The topological polar surface area (TPSA) is 268 Å². The van der Waals surface area contributed by atoms with E-state index in [0.29, 0.717) is 35.8 Å². The van der Waals surface area contributed by atoms with Gasteiger partial charge in [-0.15, -0.1) is 0 Å². The minimum atomic E-state index is -1.01. The Morgan fingerprint density at radius 2 is 1.04 bits per heavy atom. The highest BCUT2D eigenvalue weighted by molar-refractivity contribution is 6.01. The van der Waals surface area contributed by atoms with Gasteiger partial charge in [0.1, 0.15) is 29.8 Å². The molecule has 0 bridgehead atoms. The molecule has 0 saturated carbocycles. The van der Waals surface area contributed by atoms with Crippen molar-refractivity contribution < 1.29 is 67.5 Å². The number of carboxylic acids is 2. The van der Waals surface area contributed by atoms with Crippen LogP contribution in [0.25, 0.3) is 21.8 Å². The van der Waals surface area contributed by atoms with Crippen LogP contribution in [-0.4, -0.2) is 115 Å². The zero-order valence-electron chi connectivity index (χ0n) is 40.9. The highest BCUT2D eigenvalue weighted by atomic mass is 16.7. The van der Waals surface area contributed by atoms with Crippen molar-refractivity contribution in [1.29, 1.82) is 0 Å². The maximum atomic E-state index is 13.9. The van der Waals surface area contributed by atoms with Gasteiger partial charge in [-0.2, -0.15) is 0 Å². The van der Waals surface area contributed by atoms with Crippen molar-refractivity contribution in [2.45, 2.75) is 108 Å². The number of esters is 1. The van der Waals surface area contributed by atoms with Crippen molar-refractivity contribution in [1.82, 2.24) is 30.4 Å². The number of hydrogen-bond donors (Lipinski definition) is 6. The first-order chi connectivity index (χ1) is 35.4. The third kappa shape index (κ3) is 9.38. The molecule has 6 aliphatic rings. The van der Waals surface area contributed by atoms with Crippen molar-refractivity contribution >= 4 is 63.3 Å². The number of nitrogens with one attached hydrogen (secondary N) is 4. The van der Waals surface area contributed by atoms with E-state index in [2.05, 4.69) is 20.6 Å². The van der Waals surface area contributed by atoms with Gasteiger partial charge >= 0.3 is 11.9 Å². The van der Waals surface area contributed by atoms with Crippen molar-refractivity contribution in [3.8, 4) is 23.0 Å². The molecule has 6 aliphatic heterocycles. The van der Waals surface area contributed by atoms with E-state index >= 15 is 0 Å². The molecule has 4 aromatic carbocycles. The van der Waals surface area contributed by atoms with Crippen LogP contribution in [0.2, 0.25) is 0 Å². The van der Waals surface area contributed by atoms with Crippen LogP contribution >= 0.6 is 0 Å². The molecule has 6 aromatic rings. The SMILES string of the molecule is CC(=O)O.CC(C)(C)OC(=O)CC[C@@H]1NC(=O)[C@H]2Cc3c([nH]c4ccccc34)[C@@H](c3ccc4c(c3)OCO4)N2C1=O.O=C(O)CC[C@@H]1NC(=O)[C@H]2Cc3c([nH]c4ccccc34)[C@@H](c3ccc4c(c3)OCO4)N2C1=O. The standard InChI is InChI=1S/C28H29N3O6.C24H21N3O6.C2H4O2/c1-28(2,3)37-23(32)11-9-19-27(34)31-20(26(33)30-19)13-17-16-6-4-5-7-18(16)29-24(17)25(31)15-8-10-21-22(12-15)36-14-35-21;28-20(29)8-6-16-24(31)27-17(23(30)26-16)10-14-13-3-1-2-4-15(13)25-21(14)22(27)12-5-7-18-19(9-12)33-11-32-18;1-2(3)4/h4-8,10,12,19-20,25,29H,9,11,13-14H2,1-3H3,(H,30,33);1-5,7,9,16-17,22,25H,6,8,10-11H2,(H,26,30)(H,28,29);1H3,(H,3,4)/t19-,20+,25+;16-,17+,22+;/m00./s1. The lowest BCUT2D eigenvalue weighted by Crippen LogP contribution is -2.66. The molecule has 2 aromatic heterocycles. The first kappa shape index (κ1) is 49.0. The Morgan fingerprint density at radius 3 is 1.47 bits per heavy atom. The van der Waals surface area contributed by atoms with Crippen molar-refractivity contribution in [2.24, 2.45) is 0 Å². The van der Waals surface area contributed by atoms with Gasteiger partial charge in [0.25, 0.3) is 5.97 Å². The summed E-state index contributed by atoms with van der Waals surface area (Å²) >= 11 is 0. The van der Waals surface area contributed by atoms with Crippen LogP contribution in [0.5, 0.6) is 23.0 Å². The van der Waals surface area contributed by atoms with E-state index < -0.39 is 59.8 Å². The average Bonchev–Trinajstić information content (AvgIpc) is 4.18. The van der Waals surface area contributed by atoms with Crippen LogP contribution in [0.1, 0.15) is 99.1 Å². The molecule has 0 spiro atoms. The molecule has 8 heterocycles. The summed E-state index contributed by atoms with van der Waals surface area (Å²) < 4.78 is 27.5. The minimum Gasteiger partial charge on any atom is -0.481 e. The van der Waals surface area contributed by atoms with Gasteiger partial charge < -0.3 is 64.3 Å². The third-order valence-corrected chi connectivity index (χ3v) is 13.7. The van der Waals surface area contributed by atoms with Crippen LogP contribution in [0.4, 0.5) is 0 Å². The molecule has 0 radical (unpaired) electrons.